The summed E-state index contributed by atoms with van der Waals surface area (Å²) in [5.41, 5.74) is 4.59. The molecule has 0 amide bonds. The number of fused-ring (bicyclic) bond motifs is 1. The summed E-state index contributed by atoms with van der Waals surface area (Å²) in [5, 5.41) is 15.5. The van der Waals surface area contributed by atoms with Crippen molar-refractivity contribution in [2.24, 2.45) is 0 Å². The molecule has 2 atom stereocenters. The van der Waals surface area contributed by atoms with Crippen LogP contribution in [0, 0.1) is 0 Å². The number of aliphatic hydroxyl groups is 1. The van der Waals surface area contributed by atoms with Gasteiger partial charge in [-0.05, 0) is 60.4 Å². The summed E-state index contributed by atoms with van der Waals surface area (Å²) in [6.45, 7) is 3.12. The van der Waals surface area contributed by atoms with Crippen LogP contribution in [0.15, 0.2) is 78.9 Å². The number of halogens is 1. The highest BCUT2D eigenvalue weighted by Crippen LogP contribution is 2.24. The van der Waals surface area contributed by atoms with E-state index in [0.717, 1.165) is 34.0 Å². The number of nitrogens with one attached hydrogen (secondary N) is 1. The zero-order valence-electron chi connectivity index (χ0n) is 19.4. The smallest absolute Gasteiger partial charge is 0.354 e. The van der Waals surface area contributed by atoms with Crippen molar-refractivity contribution >= 4 is 28.5 Å². The van der Waals surface area contributed by atoms with Gasteiger partial charge in [-0.25, -0.2) is 4.79 Å². The third-order valence-corrected chi connectivity index (χ3v) is 6.21. The molecule has 1 heterocycles. The molecule has 34 heavy (non-hydrogen) atoms. The molecule has 6 heteroatoms. The Morgan fingerprint density at radius 3 is 2.56 bits per heavy atom. The average Bonchev–Trinajstić information content (AvgIpc) is 3.20. The summed E-state index contributed by atoms with van der Waals surface area (Å²) in [6.07, 6.45) is 0.161. The predicted molar refractivity (Wildman–Crippen MR) is 136 cm³/mol. The maximum Gasteiger partial charge on any atom is 0.354 e. The van der Waals surface area contributed by atoms with Gasteiger partial charge in [0, 0.05) is 35.1 Å². The fourth-order valence-electron chi connectivity index (χ4n) is 4.23. The Kier molecular flexibility index (Phi) is 7.68. The van der Waals surface area contributed by atoms with Gasteiger partial charge in [-0.3, -0.25) is 0 Å². The van der Waals surface area contributed by atoms with Crippen LogP contribution in [0.1, 0.15) is 40.2 Å². The van der Waals surface area contributed by atoms with Crippen LogP contribution in [0.4, 0.5) is 0 Å². The monoisotopic (exact) mass is 476 g/mol. The summed E-state index contributed by atoms with van der Waals surface area (Å²) >= 11 is 6.03. The Bertz CT molecular complexity index is 1270. The maximum absolute atomic E-state index is 12.5. The Morgan fingerprint density at radius 1 is 1.03 bits per heavy atom. The summed E-state index contributed by atoms with van der Waals surface area (Å²) in [7, 11) is 1.41. The van der Waals surface area contributed by atoms with E-state index in [1.54, 1.807) is 12.1 Å². The lowest BCUT2D eigenvalue weighted by Crippen LogP contribution is -2.32. The van der Waals surface area contributed by atoms with Gasteiger partial charge in [0.25, 0.3) is 0 Å². The van der Waals surface area contributed by atoms with Crippen LogP contribution in [-0.4, -0.2) is 35.3 Å². The van der Waals surface area contributed by atoms with Crippen molar-refractivity contribution in [3.63, 3.8) is 0 Å². The largest absolute Gasteiger partial charge is 0.464 e. The molecular formula is C28H29ClN2O3. The highest BCUT2D eigenvalue weighted by molar-refractivity contribution is 6.30. The second-order valence-corrected chi connectivity index (χ2v) is 9.01. The number of carbonyl (C=O) groups excluding carboxylic acids is 1. The second-order valence-electron chi connectivity index (χ2n) is 8.57. The molecule has 1 aromatic heterocycles. The molecule has 3 aromatic carbocycles. The van der Waals surface area contributed by atoms with E-state index in [-0.39, 0.29) is 12.0 Å². The van der Waals surface area contributed by atoms with Crippen molar-refractivity contribution in [3.8, 4) is 0 Å². The minimum atomic E-state index is -0.627. The van der Waals surface area contributed by atoms with Crippen LogP contribution in [0.25, 0.3) is 10.9 Å². The topological polar surface area (TPSA) is 63.5 Å². The van der Waals surface area contributed by atoms with Gasteiger partial charge < -0.3 is 19.7 Å². The molecule has 4 aromatic rings. The number of benzene rings is 3. The van der Waals surface area contributed by atoms with Crippen molar-refractivity contribution < 1.29 is 14.6 Å². The molecule has 2 N–H and O–H groups in total. The zero-order valence-corrected chi connectivity index (χ0v) is 20.1. The normalized spacial score (nSPS) is 13.1. The van der Waals surface area contributed by atoms with Crippen LogP contribution in [0.3, 0.4) is 0 Å². The first-order valence-electron chi connectivity index (χ1n) is 11.4. The Labute approximate surface area is 204 Å². The lowest BCUT2D eigenvalue weighted by atomic mass is 10.0. The van der Waals surface area contributed by atoms with Crippen molar-refractivity contribution in [2.75, 3.05) is 13.7 Å². The third kappa shape index (κ3) is 5.68. The van der Waals surface area contributed by atoms with Gasteiger partial charge in [0.1, 0.15) is 5.69 Å². The fraction of sp³-hybridized carbons (Fsp3) is 0.250. The molecule has 0 spiro atoms. The second kappa shape index (κ2) is 10.9. The molecule has 0 saturated heterocycles. The SMILES string of the molecule is COC(=O)c1cc2cc(C[C@@H](C)NC[C@@H](O)c3cccc(Cl)c3)ccc2n1Cc1ccccc1. The number of ether oxygens (including phenoxy) is 1. The molecule has 0 unspecified atom stereocenters. The number of hydrogen-bond acceptors (Lipinski definition) is 4. The van der Waals surface area contributed by atoms with Crippen LogP contribution in [0.2, 0.25) is 5.02 Å². The lowest BCUT2D eigenvalue weighted by molar-refractivity contribution is 0.0589. The van der Waals surface area contributed by atoms with Crippen molar-refractivity contribution in [1.29, 1.82) is 0 Å². The summed E-state index contributed by atoms with van der Waals surface area (Å²) in [4.78, 5) is 12.5. The van der Waals surface area contributed by atoms with E-state index in [9.17, 15) is 9.90 Å². The summed E-state index contributed by atoms with van der Waals surface area (Å²) in [5.74, 6) is -0.348. The molecule has 0 saturated carbocycles. The number of rotatable bonds is 9. The molecule has 0 radical (unpaired) electrons. The van der Waals surface area contributed by atoms with Crippen molar-refractivity contribution in [1.82, 2.24) is 9.88 Å². The number of carbonyl (C=O) groups is 1. The molecular weight excluding hydrogens is 448 g/mol. The lowest BCUT2D eigenvalue weighted by Gasteiger charge is -2.18. The first kappa shape index (κ1) is 24.0. The number of aromatic nitrogens is 1. The van der Waals surface area contributed by atoms with E-state index in [4.69, 9.17) is 16.3 Å². The zero-order chi connectivity index (χ0) is 24.1. The molecule has 176 valence electrons. The number of esters is 1. The van der Waals surface area contributed by atoms with Gasteiger partial charge in [0.15, 0.2) is 0 Å². The van der Waals surface area contributed by atoms with E-state index in [2.05, 4.69) is 30.4 Å². The third-order valence-electron chi connectivity index (χ3n) is 5.98. The van der Waals surface area contributed by atoms with Crippen LogP contribution in [0.5, 0.6) is 0 Å². The van der Waals surface area contributed by atoms with E-state index in [1.165, 1.54) is 7.11 Å². The number of aliphatic hydroxyl groups excluding tert-OH is 1. The molecule has 0 aliphatic rings. The first-order valence-corrected chi connectivity index (χ1v) is 11.7. The maximum atomic E-state index is 12.5. The van der Waals surface area contributed by atoms with Gasteiger partial charge in [0.05, 0.1) is 13.2 Å². The molecule has 0 bridgehead atoms. The number of hydrogen-bond donors (Lipinski definition) is 2. The molecule has 0 fully saturated rings. The standard InChI is InChI=1S/C28H29ClN2O3/c1-19(30-17-27(32)22-9-6-10-24(29)15-22)13-21-11-12-25-23(14-21)16-26(28(33)34-2)31(25)18-20-7-4-3-5-8-20/h3-12,14-16,19,27,30,32H,13,17-18H2,1-2H3/t19-,27-/m1/s1. The minimum absolute atomic E-state index is 0.151. The van der Waals surface area contributed by atoms with E-state index >= 15 is 0 Å². The van der Waals surface area contributed by atoms with Crippen LogP contribution in [-0.2, 0) is 17.7 Å². The summed E-state index contributed by atoms with van der Waals surface area (Å²) < 4.78 is 7.04. The molecule has 4 rings (SSSR count). The first-order chi connectivity index (χ1) is 16.4. The predicted octanol–water partition coefficient (Wildman–Crippen LogP) is 5.38. The fourth-order valence-corrected chi connectivity index (χ4v) is 4.43. The van der Waals surface area contributed by atoms with E-state index in [1.807, 2.05) is 53.1 Å². The van der Waals surface area contributed by atoms with Gasteiger partial charge in [-0.15, -0.1) is 0 Å². The highest BCUT2D eigenvalue weighted by atomic mass is 35.5. The van der Waals surface area contributed by atoms with Gasteiger partial charge >= 0.3 is 5.97 Å². The van der Waals surface area contributed by atoms with Crippen molar-refractivity contribution in [3.05, 3.63) is 106 Å². The average molecular weight is 477 g/mol. The summed E-state index contributed by atoms with van der Waals surface area (Å²) in [6, 6.07) is 25.7. The highest BCUT2D eigenvalue weighted by Gasteiger charge is 2.17. The minimum Gasteiger partial charge on any atom is -0.464 e. The van der Waals surface area contributed by atoms with E-state index in [0.29, 0.717) is 23.8 Å². The van der Waals surface area contributed by atoms with Gasteiger partial charge in [0.2, 0.25) is 0 Å². The quantitative estimate of drug-likeness (QED) is 0.318. The Balaban J connectivity index is 1.48. The number of nitrogens with zero attached hydrogens (tertiary/aromatic N) is 1. The van der Waals surface area contributed by atoms with Crippen LogP contribution >= 0.6 is 11.6 Å². The molecule has 0 aliphatic heterocycles. The Morgan fingerprint density at radius 2 is 1.82 bits per heavy atom. The van der Waals surface area contributed by atoms with Crippen molar-refractivity contribution in [2.45, 2.75) is 32.0 Å². The Hall–Kier alpha value is -3.12. The van der Waals surface area contributed by atoms with E-state index < -0.39 is 6.10 Å². The molecule has 5 nitrogen and oxygen atoms in total. The van der Waals surface area contributed by atoms with Gasteiger partial charge in [-0.1, -0.05) is 60.1 Å². The van der Waals surface area contributed by atoms with Crippen LogP contribution < -0.4 is 5.32 Å². The number of methoxy groups -OCH3 is 1. The van der Waals surface area contributed by atoms with Gasteiger partial charge in [-0.2, -0.15) is 0 Å². The molecule has 0 aliphatic carbocycles.